The van der Waals surface area contributed by atoms with Crippen LogP contribution in [0.2, 0.25) is 0 Å². The molecular formula is C29H27N3O3. The number of hydrogen-bond donors (Lipinski definition) is 1. The van der Waals surface area contributed by atoms with E-state index in [0.717, 1.165) is 41.0 Å². The molecule has 1 aromatic heterocycles. The van der Waals surface area contributed by atoms with Crippen molar-refractivity contribution in [3.63, 3.8) is 0 Å². The van der Waals surface area contributed by atoms with Crippen LogP contribution < -0.4 is 14.8 Å². The molecule has 0 saturated heterocycles. The summed E-state index contributed by atoms with van der Waals surface area (Å²) in [7, 11) is 1.60. The minimum Gasteiger partial charge on any atom is -0.497 e. The van der Waals surface area contributed by atoms with Crippen LogP contribution in [0.25, 0.3) is 21.8 Å². The Kier molecular flexibility index (Phi) is 6.61. The van der Waals surface area contributed by atoms with Crippen LogP contribution in [0.4, 0.5) is 0 Å². The number of carbonyl (C=O) groups excluding carboxylic acids is 1. The van der Waals surface area contributed by atoms with Crippen molar-refractivity contribution >= 4 is 27.7 Å². The van der Waals surface area contributed by atoms with E-state index in [1.54, 1.807) is 31.4 Å². The van der Waals surface area contributed by atoms with Crippen molar-refractivity contribution in [2.75, 3.05) is 13.7 Å². The van der Waals surface area contributed by atoms with Gasteiger partial charge in [-0.05, 0) is 54.3 Å². The van der Waals surface area contributed by atoms with Gasteiger partial charge in [-0.1, -0.05) is 48.5 Å². The molecular weight excluding hydrogens is 438 g/mol. The summed E-state index contributed by atoms with van der Waals surface area (Å²) < 4.78 is 13.5. The third kappa shape index (κ3) is 4.96. The molecule has 0 aliphatic carbocycles. The molecule has 0 unspecified atom stereocenters. The maximum Gasteiger partial charge on any atom is 0.251 e. The Morgan fingerprint density at radius 2 is 1.69 bits per heavy atom. The molecule has 0 atom stereocenters. The molecule has 35 heavy (non-hydrogen) atoms. The van der Waals surface area contributed by atoms with Crippen molar-refractivity contribution in [2.45, 2.75) is 19.5 Å². The Balaban J connectivity index is 1.26. The first kappa shape index (κ1) is 22.5. The first-order valence-electron chi connectivity index (χ1n) is 11.7. The van der Waals surface area contributed by atoms with Crippen LogP contribution >= 0.6 is 0 Å². The van der Waals surface area contributed by atoms with E-state index in [1.165, 1.54) is 5.39 Å². The number of nitrogens with one attached hydrogen (secondary N) is 1. The van der Waals surface area contributed by atoms with E-state index in [-0.39, 0.29) is 5.91 Å². The molecule has 1 N–H and O–H groups in total. The molecule has 0 saturated carbocycles. The second kappa shape index (κ2) is 10.3. The number of hydrogen-bond acceptors (Lipinski definition) is 4. The summed E-state index contributed by atoms with van der Waals surface area (Å²) in [5.74, 6) is 2.28. The molecule has 0 aliphatic heterocycles. The number of fused-ring (bicyclic) bond motifs is 2. The third-order valence-corrected chi connectivity index (χ3v) is 6.03. The lowest BCUT2D eigenvalue weighted by molar-refractivity contribution is 0.0949. The quantitative estimate of drug-likeness (QED) is 0.288. The number of carbonyl (C=O) groups is 1. The van der Waals surface area contributed by atoms with E-state index in [9.17, 15) is 4.79 Å². The summed E-state index contributed by atoms with van der Waals surface area (Å²) in [6.45, 7) is 1.65. The number of imidazole rings is 1. The largest absolute Gasteiger partial charge is 0.497 e. The van der Waals surface area contributed by atoms with Gasteiger partial charge in [-0.15, -0.1) is 0 Å². The van der Waals surface area contributed by atoms with E-state index in [1.807, 2.05) is 42.5 Å². The van der Waals surface area contributed by atoms with E-state index in [0.29, 0.717) is 24.5 Å². The Morgan fingerprint density at radius 1 is 0.914 bits per heavy atom. The lowest BCUT2D eigenvalue weighted by Gasteiger charge is -2.12. The standard InChI is InChI=1S/C29H27N3O3/c1-34-23-16-14-22(15-17-23)29(33)30-20-28-31-25-11-4-5-12-26(25)32(28)18-7-19-35-27-13-6-9-21-8-2-3-10-24(21)27/h2-6,8-17H,7,18-20H2,1H3,(H,30,33). The Morgan fingerprint density at radius 3 is 2.54 bits per heavy atom. The van der Waals surface area contributed by atoms with Crippen molar-refractivity contribution in [2.24, 2.45) is 0 Å². The van der Waals surface area contributed by atoms with Gasteiger partial charge in [0, 0.05) is 17.5 Å². The predicted molar refractivity (Wildman–Crippen MR) is 138 cm³/mol. The number of aromatic nitrogens is 2. The number of nitrogens with zero attached hydrogens (tertiary/aromatic N) is 2. The van der Waals surface area contributed by atoms with Crippen molar-refractivity contribution in [1.29, 1.82) is 0 Å². The number of aryl methyl sites for hydroxylation is 1. The van der Waals surface area contributed by atoms with E-state index in [2.05, 4.69) is 34.1 Å². The van der Waals surface area contributed by atoms with Crippen LogP contribution in [0.1, 0.15) is 22.6 Å². The minimum absolute atomic E-state index is 0.148. The summed E-state index contributed by atoms with van der Waals surface area (Å²) in [6.07, 6.45) is 0.809. The molecule has 0 spiro atoms. The molecule has 0 radical (unpaired) electrons. The van der Waals surface area contributed by atoms with E-state index in [4.69, 9.17) is 14.5 Å². The van der Waals surface area contributed by atoms with Gasteiger partial charge in [0.25, 0.3) is 5.91 Å². The normalized spacial score (nSPS) is 11.0. The molecule has 1 amide bonds. The molecule has 0 aliphatic rings. The maximum atomic E-state index is 12.7. The van der Waals surface area contributed by atoms with Gasteiger partial charge in [0.1, 0.15) is 17.3 Å². The van der Waals surface area contributed by atoms with Gasteiger partial charge in [0.2, 0.25) is 0 Å². The predicted octanol–water partition coefficient (Wildman–Crippen LogP) is 5.60. The van der Waals surface area contributed by atoms with Crippen molar-refractivity contribution in [3.05, 3.63) is 102 Å². The van der Waals surface area contributed by atoms with Gasteiger partial charge in [0.05, 0.1) is 31.3 Å². The number of rotatable bonds is 9. The molecule has 176 valence electrons. The molecule has 6 nitrogen and oxygen atoms in total. The molecule has 6 heteroatoms. The Labute approximate surface area is 204 Å². The first-order chi connectivity index (χ1) is 17.2. The fraction of sp³-hybridized carbons (Fsp3) is 0.172. The van der Waals surface area contributed by atoms with Crippen molar-refractivity contribution in [1.82, 2.24) is 14.9 Å². The summed E-state index contributed by atoms with van der Waals surface area (Å²) in [5, 5.41) is 5.28. The number of para-hydroxylation sites is 2. The van der Waals surface area contributed by atoms with Crippen LogP contribution in [0.3, 0.4) is 0 Å². The SMILES string of the molecule is COc1ccc(C(=O)NCc2nc3ccccc3n2CCCOc2cccc3ccccc23)cc1. The van der Waals surface area contributed by atoms with Gasteiger partial charge < -0.3 is 19.4 Å². The second-order valence-corrected chi connectivity index (χ2v) is 8.26. The zero-order valence-corrected chi connectivity index (χ0v) is 19.6. The van der Waals surface area contributed by atoms with Crippen LogP contribution in [-0.2, 0) is 13.1 Å². The van der Waals surface area contributed by atoms with Gasteiger partial charge in [0.15, 0.2) is 0 Å². The summed E-state index contributed by atoms with van der Waals surface area (Å²) >= 11 is 0. The zero-order valence-electron chi connectivity index (χ0n) is 19.6. The highest BCUT2D eigenvalue weighted by Gasteiger charge is 2.13. The summed E-state index contributed by atoms with van der Waals surface area (Å²) in [5.41, 5.74) is 2.54. The van der Waals surface area contributed by atoms with Crippen LogP contribution in [0.15, 0.2) is 91.0 Å². The summed E-state index contributed by atoms with van der Waals surface area (Å²) in [6, 6.07) is 29.4. The first-order valence-corrected chi connectivity index (χ1v) is 11.7. The van der Waals surface area contributed by atoms with Gasteiger partial charge in [-0.2, -0.15) is 0 Å². The fourth-order valence-corrected chi connectivity index (χ4v) is 4.24. The van der Waals surface area contributed by atoms with E-state index >= 15 is 0 Å². The highest BCUT2D eigenvalue weighted by molar-refractivity contribution is 5.94. The molecule has 5 rings (SSSR count). The Hall–Kier alpha value is -4.32. The van der Waals surface area contributed by atoms with Crippen LogP contribution in [0.5, 0.6) is 11.5 Å². The number of methoxy groups -OCH3 is 1. The fourth-order valence-electron chi connectivity index (χ4n) is 4.24. The van der Waals surface area contributed by atoms with Gasteiger partial charge >= 0.3 is 0 Å². The van der Waals surface area contributed by atoms with Gasteiger partial charge in [-0.25, -0.2) is 4.98 Å². The molecule has 0 bridgehead atoms. The average molecular weight is 466 g/mol. The highest BCUT2D eigenvalue weighted by atomic mass is 16.5. The summed E-state index contributed by atoms with van der Waals surface area (Å²) in [4.78, 5) is 17.4. The number of ether oxygens (including phenoxy) is 2. The molecule has 0 fully saturated rings. The lowest BCUT2D eigenvalue weighted by Crippen LogP contribution is -2.25. The van der Waals surface area contributed by atoms with Crippen LogP contribution in [0, 0.1) is 0 Å². The lowest BCUT2D eigenvalue weighted by atomic mass is 10.1. The Bertz CT molecular complexity index is 1450. The molecule has 4 aromatic carbocycles. The topological polar surface area (TPSA) is 65.4 Å². The third-order valence-electron chi connectivity index (χ3n) is 6.03. The highest BCUT2D eigenvalue weighted by Crippen LogP contribution is 2.25. The maximum absolute atomic E-state index is 12.7. The minimum atomic E-state index is -0.148. The number of amides is 1. The average Bonchev–Trinajstić information content (AvgIpc) is 3.27. The second-order valence-electron chi connectivity index (χ2n) is 8.26. The zero-order chi connectivity index (χ0) is 24.0. The molecule has 1 heterocycles. The van der Waals surface area contributed by atoms with E-state index < -0.39 is 0 Å². The van der Waals surface area contributed by atoms with Crippen molar-refractivity contribution in [3.8, 4) is 11.5 Å². The number of benzene rings is 4. The molecule has 5 aromatic rings. The smallest absolute Gasteiger partial charge is 0.251 e. The van der Waals surface area contributed by atoms with Crippen LogP contribution in [-0.4, -0.2) is 29.2 Å². The van der Waals surface area contributed by atoms with Crippen molar-refractivity contribution < 1.29 is 14.3 Å². The monoisotopic (exact) mass is 465 g/mol. The van der Waals surface area contributed by atoms with Gasteiger partial charge in [-0.3, -0.25) is 4.79 Å².